The maximum atomic E-state index is 12.8. The van der Waals surface area contributed by atoms with Crippen LogP contribution in [0.4, 0.5) is 0 Å². The molecule has 1 aliphatic carbocycles. The maximum Gasteiger partial charge on any atom is 0.282 e. The molecule has 0 spiro atoms. The first-order chi connectivity index (χ1) is 10.6. The number of aromatic nitrogens is 5. The van der Waals surface area contributed by atoms with E-state index in [4.69, 9.17) is 0 Å². The van der Waals surface area contributed by atoms with Crippen LogP contribution in [0.2, 0.25) is 0 Å². The Morgan fingerprint density at radius 2 is 2.14 bits per heavy atom. The summed E-state index contributed by atoms with van der Waals surface area (Å²) in [5, 5.41) is 4.25. The molecule has 1 atom stereocenters. The van der Waals surface area contributed by atoms with Crippen LogP contribution in [0.15, 0.2) is 35.6 Å². The van der Waals surface area contributed by atoms with E-state index in [9.17, 15) is 4.79 Å². The van der Waals surface area contributed by atoms with E-state index < -0.39 is 0 Å². The molecule has 3 aromatic rings. The second-order valence-corrected chi connectivity index (χ2v) is 5.98. The van der Waals surface area contributed by atoms with Gasteiger partial charge in [-0.3, -0.25) is 19.0 Å². The molecule has 3 heterocycles. The van der Waals surface area contributed by atoms with Crippen molar-refractivity contribution in [2.75, 3.05) is 0 Å². The summed E-state index contributed by atoms with van der Waals surface area (Å²) in [4.78, 5) is 21.7. The monoisotopic (exact) mass is 295 g/mol. The van der Waals surface area contributed by atoms with E-state index in [1.165, 1.54) is 0 Å². The van der Waals surface area contributed by atoms with Crippen molar-refractivity contribution in [1.82, 2.24) is 24.3 Å². The van der Waals surface area contributed by atoms with Crippen LogP contribution in [-0.4, -0.2) is 24.3 Å². The quantitative estimate of drug-likeness (QED) is 0.739. The van der Waals surface area contributed by atoms with Gasteiger partial charge in [0.1, 0.15) is 5.52 Å². The molecule has 0 unspecified atom stereocenters. The van der Waals surface area contributed by atoms with E-state index in [1.807, 2.05) is 19.1 Å². The minimum Gasteiger partial charge on any atom is -0.288 e. The zero-order chi connectivity index (χ0) is 15.3. The summed E-state index contributed by atoms with van der Waals surface area (Å²) < 4.78 is 3.34. The summed E-state index contributed by atoms with van der Waals surface area (Å²) >= 11 is 0. The Morgan fingerprint density at radius 1 is 1.32 bits per heavy atom. The van der Waals surface area contributed by atoms with E-state index in [0.717, 1.165) is 24.1 Å². The van der Waals surface area contributed by atoms with Crippen LogP contribution in [0.25, 0.3) is 11.0 Å². The van der Waals surface area contributed by atoms with Crippen molar-refractivity contribution in [3.8, 4) is 0 Å². The average Bonchev–Trinajstić information content (AvgIpc) is 3.25. The molecule has 22 heavy (non-hydrogen) atoms. The van der Waals surface area contributed by atoms with Gasteiger partial charge in [0.2, 0.25) is 0 Å². The molecule has 0 radical (unpaired) electrons. The topological polar surface area (TPSA) is 65.6 Å². The molecule has 4 rings (SSSR count). The van der Waals surface area contributed by atoms with Gasteiger partial charge in [-0.25, -0.2) is 4.98 Å². The third kappa shape index (κ3) is 2.03. The minimum atomic E-state index is -0.0902. The molecule has 0 N–H and O–H groups in total. The molecule has 0 aromatic carbocycles. The van der Waals surface area contributed by atoms with Gasteiger partial charge in [-0.2, -0.15) is 5.10 Å². The Hall–Kier alpha value is -2.50. The molecule has 0 bridgehead atoms. The molecule has 0 aliphatic heterocycles. The van der Waals surface area contributed by atoms with Crippen molar-refractivity contribution in [2.45, 2.75) is 25.8 Å². The lowest BCUT2D eigenvalue weighted by Gasteiger charge is -2.20. The van der Waals surface area contributed by atoms with Crippen LogP contribution in [0.1, 0.15) is 30.1 Å². The zero-order valence-electron chi connectivity index (χ0n) is 12.6. The third-order valence-electron chi connectivity index (χ3n) is 4.27. The van der Waals surface area contributed by atoms with Crippen LogP contribution in [0.3, 0.4) is 0 Å². The number of hydrogen-bond donors (Lipinski definition) is 0. The van der Waals surface area contributed by atoms with Gasteiger partial charge in [-0.1, -0.05) is 6.07 Å². The van der Waals surface area contributed by atoms with Crippen LogP contribution in [0.5, 0.6) is 0 Å². The number of hydrogen-bond acceptors (Lipinski definition) is 4. The van der Waals surface area contributed by atoms with E-state index >= 15 is 0 Å². The third-order valence-corrected chi connectivity index (χ3v) is 4.27. The summed E-state index contributed by atoms with van der Waals surface area (Å²) in [5.41, 5.74) is 3.03. The van der Waals surface area contributed by atoms with Gasteiger partial charge in [-0.05, 0) is 37.3 Å². The number of fused-ring (bicyclic) bond motifs is 1. The van der Waals surface area contributed by atoms with Gasteiger partial charge in [0.25, 0.3) is 5.56 Å². The SMILES string of the molecule is Cc1cccnc1[C@H](C1CC1)n1cnc2cn(C)nc2c1=O. The van der Waals surface area contributed by atoms with Crippen molar-refractivity contribution in [3.63, 3.8) is 0 Å². The highest BCUT2D eigenvalue weighted by atomic mass is 16.1. The van der Waals surface area contributed by atoms with Gasteiger partial charge < -0.3 is 0 Å². The summed E-state index contributed by atoms with van der Waals surface area (Å²) in [7, 11) is 1.80. The molecular weight excluding hydrogens is 278 g/mol. The smallest absolute Gasteiger partial charge is 0.282 e. The van der Waals surface area contributed by atoms with Crippen molar-refractivity contribution in [2.24, 2.45) is 13.0 Å². The van der Waals surface area contributed by atoms with Crippen LogP contribution < -0.4 is 5.56 Å². The second-order valence-electron chi connectivity index (χ2n) is 5.98. The van der Waals surface area contributed by atoms with Gasteiger partial charge in [-0.15, -0.1) is 0 Å². The highest BCUT2D eigenvalue weighted by Gasteiger charge is 2.36. The summed E-state index contributed by atoms with van der Waals surface area (Å²) in [6.07, 6.45) is 7.43. The molecular formula is C16H17N5O. The number of rotatable bonds is 3. The molecule has 112 valence electrons. The molecule has 6 heteroatoms. The largest absolute Gasteiger partial charge is 0.288 e. The average molecular weight is 295 g/mol. The highest BCUT2D eigenvalue weighted by molar-refractivity contribution is 5.71. The summed E-state index contributed by atoms with van der Waals surface area (Å²) in [6.45, 7) is 2.04. The molecule has 6 nitrogen and oxygen atoms in total. The summed E-state index contributed by atoms with van der Waals surface area (Å²) in [6, 6.07) is 3.91. The Kier molecular flexibility index (Phi) is 2.85. The molecule has 1 fully saturated rings. The lowest BCUT2D eigenvalue weighted by molar-refractivity contribution is 0.486. The number of nitrogens with zero attached hydrogens (tertiary/aromatic N) is 5. The Morgan fingerprint density at radius 3 is 2.86 bits per heavy atom. The van der Waals surface area contributed by atoms with E-state index in [1.54, 1.807) is 35.0 Å². The van der Waals surface area contributed by atoms with Gasteiger partial charge >= 0.3 is 0 Å². The highest BCUT2D eigenvalue weighted by Crippen LogP contribution is 2.43. The standard InChI is InChI=1S/C16H17N5O/c1-10-4-3-7-17-13(10)15(11-5-6-11)21-9-18-12-8-20(2)19-14(12)16(21)22/h3-4,7-9,11,15H,5-6H2,1-2H3/t15-/m0/s1. The molecule has 1 saturated carbocycles. The van der Waals surface area contributed by atoms with Crippen molar-refractivity contribution in [1.29, 1.82) is 0 Å². The van der Waals surface area contributed by atoms with Crippen molar-refractivity contribution < 1.29 is 0 Å². The fraction of sp³-hybridized carbons (Fsp3) is 0.375. The van der Waals surface area contributed by atoms with E-state index in [-0.39, 0.29) is 11.6 Å². The number of pyridine rings is 1. The van der Waals surface area contributed by atoms with Crippen molar-refractivity contribution >= 4 is 11.0 Å². The maximum absolute atomic E-state index is 12.8. The lowest BCUT2D eigenvalue weighted by Crippen LogP contribution is -2.28. The van der Waals surface area contributed by atoms with Crippen molar-refractivity contribution in [3.05, 3.63) is 52.5 Å². The zero-order valence-corrected chi connectivity index (χ0v) is 12.6. The van der Waals surface area contributed by atoms with E-state index in [0.29, 0.717) is 17.0 Å². The van der Waals surface area contributed by atoms with Gasteiger partial charge in [0.05, 0.1) is 24.3 Å². The first-order valence-corrected chi connectivity index (χ1v) is 7.47. The molecule has 0 amide bonds. The van der Waals surface area contributed by atoms with Gasteiger partial charge in [0.15, 0.2) is 5.52 Å². The molecule has 3 aromatic heterocycles. The lowest BCUT2D eigenvalue weighted by atomic mass is 10.0. The Bertz CT molecular complexity index is 906. The Balaban J connectivity index is 1.93. The summed E-state index contributed by atoms with van der Waals surface area (Å²) in [5.74, 6) is 0.453. The number of aryl methyl sites for hydroxylation is 2. The second kappa shape index (κ2) is 4.76. The van der Waals surface area contributed by atoms with Crippen LogP contribution >= 0.6 is 0 Å². The van der Waals surface area contributed by atoms with Gasteiger partial charge in [0, 0.05) is 13.2 Å². The normalized spacial score (nSPS) is 16.1. The molecule has 0 saturated heterocycles. The minimum absolute atomic E-state index is 0.0485. The van der Waals surface area contributed by atoms with Crippen LogP contribution in [0, 0.1) is 12.8 Å². The Labute approximate surface area is 127 Å². The van der Waals surface area contributed by atoms with E-state index in [2.05, 4.69) is 15.1 Å². The predicted molar refractivity (Wildman–Crippen MR) is 82.6 cm³/mol. The first-order valence-electron chi connectivity index (χ1n) is 7.47. The fourth-order valence-electron chi connectivity index (χ4n) is 3.02. The molecule has 1 aliphatic rings. The first kappa shape index (κ1) is 13.2. The fourth-order valence-corrected chi connectivity index (χ4v) is 3.02. The predicted octanol–water partition coefficient (Wildman–Crippen LogP) is 1.83. The van der Waals surface area contributed by atoms with Crippen LogP contribution in [-0.2, 0) is 7.05 Å².